The lowest BCUT2D eigenvalue weighted by atomic mass is 14.0. The second kappa shape index (κ2) is 10.2. The van der Waals surface area contributed by atoms with Gasteiger partial charge in [-0.15, -0.1) is 0 Å². The standard InChI is InChI=1S/3H3N.2H3O4P/c;;;2*1-5(2,3)4/h3*1H3;2*(H3,1,2,3,4)/p-3. The Labute approximate surface area is 73.7 Å². The van der Waals surface area contributed by atoms with E-state index in [9.17, 15) is 0 Å². The van der Waals surface area contributed by atoms with E-state index < -0.39 is 15.6 Å². The molecule has 0 aromatic rings. The first-order chi connectivity index (χ1) is 4.00. The summed E-state index contributed by atoms with van der Waals surface area (Å²) in [6.07, 6.45) is 0. The molecule has 0 aromatic heterocycles. The summed E-state index contributed by atoms with van der Waals surface area (Å²) in [5.74, 6) is 0. The molecule has 0 radical (unpaired) electrons. The monoisotopic (exact) mass is 244 g/mol. The molecule has 0 saturated carbocycles. The van der Waals surface area contributed by atoms with Gasteiger partial charge in [0.25, 0.3) is 0 Å². The fraction of sp³-hybridized carbons (Fsp3) is 0. The van der Waals surface area contributed by atoms with Gasteiger partial charge in [-0.05, 0) is 0 Å². The smallest absolute Gasteiger partial charge is 0.159 e. The summed E-state index contributed by atoms with van der Waals surface area (Å²) in [4.78, 5) is 51.3. The highest BCUT2D eigenvalue weighted by atomic mass is 31.2. The van der Waals surface area contributed by atoms with E-state index in [4.69, 9.17) is 38.5 Å². The summed E-state index contributed by atoms with van der Waals surface area (Å²) in [7, 11) is -10.8. The van der Waals surface area contributed by atoms with Crippen LogP contribution in [0.1, 0.15) is 0 Å². The molecule has 0 spiro atoms. The summed E-state index contributed by atoms with van der Waals surface area (Å²) in [6, 6.07) is 0. The molecule has 0 heterocycles. The maximum Gasteiger partial charge on any atom is -0.159 e. The van der Waals surface area contributed by atoms with Crippen LogP contribution in [0.4, 0.5) is 0 Å². The molecule has 12 N–H and O–H groups in total. The second-order valence-corrected chi connectivity index (χ2v) is 2.68. The van der Waals surface area contributed by atoms with E-state index in [0.717, 1.165) is 0 Å². The Morgan fingerprint density at radius 3 is 0.538 bits per heavy atom. The Kier molecular flexibility index (Phi) is 22.9. The molecular formula is H12N3O8P2-3. The summed E-state index contributed by atoms with van der Waals surface area (Å²) in [6.45, 7) is 0. The zero-order valence-corrected chi connectivity index (χ0v) is 8.95. The molecular weight excluding hydrogens is 232 g/mol. The van der Waals surface area contributed by atoms with Crippen LogP contribution in [-0.4, -0.2) is 0 Å². The first kappa shape index (κ1) is 29.2. The van der Waals surface area contributed by atoms with Gasteiger partial charge in [0, 0.05) is 0 Å². The Balaban J connectivity index is -0.0000000267. The molecule has 0 rings (SSSR count). The fourth-order valence-corrected chi connectivity index (χ4v) is 0. The van der Waals surface area contributed by atoms with E-state index in [1.165, 1.54) is 0 Å². The van der Waals surface area contributed by atoms with Crippen molar-refractivity contribution >= 4 is 15.6 Å². The van der Waals surface area contributed by atoms with Gasteiger partial charge in [-0.1, -0.05) is 0 Å². The molecule has 0 atom stereocenters. The van der Waals surface area contributed by atoms with Crippen molar-refractivity contribution in [3.63, 3.8) is 0 Å². The van der Waals surface area contributed by atoms with Crippen LogP contribution in [0, 0.1) is 0 Å². The van der Waals surface area contributed by atoms with Gasteiger partial charge in [-0.2, -0.15) is 15.6 Å². The van der Waals surface area contributed by atoms with Gasteiger partial charge in [-0.3, -0.25) is 0 Å². The van der Waals surface area contributed by atoms with Gasteiger partial charge in [0.2, 0.25) is 0 Å². The van der Waals surface area contributed by atoms with Crippen LogP contribution in [0.15, 0.2) is 0 Å². The third kappa shape index (κ3) is 123000. The minimum Gasteiger partial charge on any atom is -0.822 e. The predicted octanol–water partition coefficient (Wildman–Crippen LogP) is -4.52. The number of phosphoric acid groups is 2. The van der Waals surface area contributed by atoms with Crippen LogP contribution < -0.4 is 47.8 Å². The van der Waals surface area contributed by atoms with E-state index in [-0.39, 0.29) is 18.5 Å². The average molecular weight is 244 g/mol. The highest BCUT2D eigenvalue weighted by Crippen LogP contribution is 2.03. The molecule has 0 saturated heterocycles. The molecule has 0 unspecified atom stereocenters. The van der Waals surface area contributed by atoms with Crippen molar-refractivity contribution in [2.24, 2.45) is 0 Å². The number of hydrogen-bond donors (Lipinski definition) is 3. The largest absolute Gasteiger partial charge is 0.822 e. The van der Waals surface area contributed by atoms with Gasteiger partial charge in [-0.25, -0.2) is 0 Å². The third-order valence-corrected chi connectivity index (χ3v) is 0. The molecule has 11 nitrogen and oxygen atoms in total. The van der Waals surface area contributed by atoms with Crippen molar-refractivity contribution in [2.45, 2.75) is 0 Å². The summed E-state index contributed by atoms with van der Waals surface area (Å²) < 4.78 is 17.1. The van der Waals surface area contributed by atoms with E-state index in [1.54, 1.807) is 0 Å². The third-order valence-electron chi connectivity index (χ3n) is 0. The highest BCUT2D eigenvalue weighted by molar-refractivity contribution is 7.40. The van der Waals surface area contributed by atoms with Crippen LogP contribution in [0.2, 0.25) is 0 Å². The van der Waals surface area contributed by atoms with Crippen LogP contribution in [0.3, 0.4) is 0 Å². The molecule has 0 bridgehead atoms. The normalized spacial score (nSPS) is 9.08. The highest BCUT2D eigenvalue weighted by Gasteiger charge is 1.45. The molecule has 0 aliphatic rings. The topological polar surface area (TPSA) is 282 Å². The zero-order valence-electron chi connectivity index (χ0n) is 7.16. The van der Waals surface area contributed by atoms with Gasteiger partial charge >= 0.3 is 0 Å². The molecule has 88 valence electrons. The van der Waals surface area contributed by atoms with E-state index in [0.29, 0.717) is 0 Å². The summed E-state index contributed by atoms with van der Waals surface area (Å²) in [5.41, 5.74) is 0. The molecule has 13 heavy (non-hydrogen) atoms. The Morgan fingerprint density at radius 2 is 0.538 bits per heavy atom. The number of rotatable bonds is 0. The predicted molar refractivity (Wildman–Crippen MR) is 33.2 cm³/mol. The first-order valence-electron chi connectivity index (χ1n) is 1.46. The maximum atomic E-state index is 8.55. The number of quaternary nitrogens is 3. The lowest BCUT2D eigenvalue weighted by molar-refractivity contribution is -0.434. The van der Waals surface area contributed by atoms with Crippen LogP contribution >= 0.6 is 15.6 Å². The van der Waals surface area contributed by atoms with E-state index in [1.807, 2.05) is 0 Å². The van der Waals surface area contributed by atoms with Crippen LogP contribution in [-0.2, 0) is 9.13 Å². The van der Waals surface area contributed by atoms with Crippen LogP contribution in [0.25, 0.3) is 0 Å². The van der Waals surface area contributed by atoms with E-state index >= 15 is 0 Å². The summed E-state index contributed by atoms with van der Waals surface area (Å²) in [5, 5.41) is 0. The Hall–Kier alpha value is 0.100. The molecule has 0 aromatic carbocycles. The maximum absolute atomic E-state index is 8.55. The number of hydrogen-bond acceptors (Lipinski definition) is 8. The van der Waals surface area contributed by atoms with Gasteiger partial charge in [0.05, 0.1) is 0 Å². The molecule has 0 aliphatic heterocycles. The van der Waals surface area contributed by atoms with Crippen LogP contribution in [0.5, 0.6) is 0 Å². The Morgan fingerprint density at radius 1 is 0.538 bits per heavy atom. The van der Waals surface area contributed by atoms with Crippen molar-refractivity contribution in [3.8, 4) is 0 Å². The Bertz CT molecular complexity index is 130. The molecule has 0 fully saturated rings. The van der Waals surface area contributed by atoms with Gasteiger partial charge in [0.15, 0.2) is 0 Å². The lowest BCUT2D eigenvalue weighted by Gasteiger charge is -2.36. The van der Waals surface area contributed by atoms with Crippen molar-refractivity contribution in [3.05, 3.63) is 0 Å². The SMILES string of the molecule is O=P([O-])([O-])[O-].O=P([O-])([O-])[O-].[NH4+].[NH4+].[NH4+]. The molecule has 0 aliphatic carbocycles. The van der Waals surface area contributed by atoms with Crippen molar-refractivity contribution < 1.29 is 38.5 Å². The van der Waals surface area contributed by atoms with Gasteiger partial charge < -0.3 is 56.9 Å². The quantitative estimate of drug-likeness (QED) is 0.347. The fourth-order valence-electron chi connectivity index (χ4n) is 0. The molecule has 13 heteroatoms. The second-order valence-electron chi connectivity index (χ2n) is 0.894. The minimum absolute atomic E-state index is 0. The van der Waals surface area contributed by atoms with Crippen molar-refractivity contribution in [2.75, 3.05) is 0 Å². The first-order valence-corrected chi connectivity index (χ1v) is 4.38. The van der Waals surface area contributed by atoms with Crippen molar-refractivity contribution in [1.82, 2.24) is 18.5 Å². The summed E-state index contributed by atoms with van der Waals surface area (Å²) >= 11 is 0. The zero-order chi connectivity index (χ0) is 9.00. The average Bonchev–Trinajstić information content (AvgIpc) is 1.12. The molecule has 0 amide bonds. The van der Waals surface area contributed by atoms with Gasteiger partial charge in [0.1, 0.15) is 0 Å². The van der Waals surface area contributed by atoms with Crippen molar-refractivity contribution in [1.29, 1.82) is 0 Å². The minimum atomic E-state index is -5.39. The lowest BCUT2D eigenvalue weighted by Crippen LogP contribution is -2.24. The van der Waals surface area contributed by atoms with E-state index in [2.05, 4.69) is 0 Å².